The smallest absolute Gasteiger partial charge is 0.0990 e. The second-order valence-corrected chi connectivity index (χ2v) is 3.81. The molecule has 4 nitrogen and oxygen atoms in total. The fourth-order valence-electron chi connectivity index (χ4n) is 1.88. The lowest BCUT2D eigenvalue weighted by molar-refractivity contribution is -0.144. The third kappa shape index (κ3) is 3.72. The zero-order chi connectivity index (χ0) is 11.1. The number of hydrogen-bond donors (Lipinski definition) is 1. The summed E-state index contributed by atoms with van der Waals surface area (Å²) in [7, 11) is 3.68. The molecule has 0 heterocycles. The van der Waals surface area contributed by atoms with E-state index >= 15 is 0 Å². The van der Waals surface area contributed by atoms with Crippen LogP contribution in [-0.4, -0.2) is 52.2 Å². The summed E-state index contributed by atoms with van der Waals surface area (Å²) in [4.78, 5) is 0. The van der Waals surface area contributed by atoms with Gasteiger partial charge in [-0.05, 0) is 26.8 Å². The van der Waals surface area contributed by atoms with Crippen LogP contribution in [0.25, 0.3) is 0 Å². The van der Waals surface area contributed by atoms with Gasteiger partial charge in [-0.2, -0.15) is 0 Å². The molecule has 0 aromatic rings. The van der Waals surface area contributed by atoms with Crippen LogP contribution in [0, 0.1) is 0 Å². The summed E-state index contributed by atoms with van der Waals surface area (Å²) in [5.41, 5.74) is 0. The molecule has 1 fully saturated rings. The second kappa shape index (κ2) is 7.17. The van der Waals surface area contributed by atoms with Gasteiger partial charge in [0.2, 0.25) is 0 Å². The van der Waals surface area contributed by atoms with Crippen LogP contribution in [0.4, 0.5) is 0 Å². The molecule has 0 amide bonds. The van der Waals surface area contributed by atoms with Crippen molar-refractivity contribution in [2.75, 3.05) is 34.0 Å². The van der Waals surface area contributed by atoms with E-state index in [1.54, 1.807) is 7.11 Å². The highest BCUT2D eigenvalue weighted by atomic mass is 16.5. The number of methoxy groups -OCH3 is 1. The number of ether oxygens (including phenoxy) is 3. The third-order valence-electron chi connectivity index (χ3n) is 2.80. The van der Waals surface area contributed by atoms with E-state index in [1.165, 1.54) is 0 Å². The predicted molar refractivity (Wildman–Crippen MR) is 59.1 cm³/mol. The van der Waals surface area contributed by atoms with Crippen molar-refractivity contribution in [3.63, 3.8) is 0 Å². The zero-order valence-corrected chi connectivity index (χ0v) is 9.99. The molecule has 3 atom stereocenters. The molecule has 1 aliphatic carbocycles. The van der Waals surface area contributed by atoms with E-state index in [1.807, 2.05) is 14.0 Å². The first-order chi connectivity index (χ1) is 7.33. The van der Waals surface area contributed by atoms with Crippen LogP contribution in [0.15, 0.2) is 0 Å². The Bertz CT molecular complexity index is 166. The molecule has 0 saturated heterocycles. The van der Waals surface area contributed by atoms with Crippen molar-refractivity contribution in [1.82, 2.24) is 5.32 Å². The van der Waals surface area contributed by atoms with Crippen LogP contribution in [0.1, 0.15) is 19.8 Å². The highest BCUT2D eigenvalue weighted by Gasteiger charge is 2.41. The van der Waals surface area contributed by atoms with Crippen LogP contribution >= 0.6 is 0 Å². The lowest BCUT2D eigenvalue weighted by Gasteiger charge is -2.43. The van der Waals surface area contributed by atoms with Crippen LogP contribution in [-0.2, 0) is 14.2 Å². The molecule has 90 valence electrons. The van der Waals surface area contributed by atoms with Crippen molar-refractivity contribution < 1.29 is 14.2 Å². The molecular formula is C11H23NO3. The van der Waals surface area contributed by atoms with E-state index in [0.29, 0.717) is 6.04 Å². The normalized spacial score (nSPS) is 30.2. The quantitative estimate of drug-likeness (QED) is 0.611. The van der Waals surface area contributed by atoms with Gasteiger partial charge in [0.05, 0.1) is 12.2 Å². The summed E-state index contributed by atoms with van der Waals surface area (Å²) >= 11 is 0. The molecule has 0 bridgehead atoms. The molecule has 4 heteroatoms. The summed E-state index contributed by atoms with van der Waals surface area (Å²) in [6, 6.07) is 0.456. The number of rotatable bonds is 8. The molecule has 0 spiro atoms. The lowest BCUT2D eigenvalue weighted by atomic mass is 9.85. The monoisotopic (exact) mass is 217 g/mol. The van der Waals surface area contributed by atoms with Crippen molar-refractivity contribution >= 4 is 0 Å². The number of nitrogens with one attached hydrogen (secondary N) is 1. The maximum atomic E-state index is 5.73. The van der Waals surface area contributed by atoms with E-state index in [9.17, 15) is 0 Å². The van der Waals surface area contributed by atoms with Gasteiger partial charge >= 0.3 is 0 Å². The van der Waals surface area contributed by atoms with Gasteiger partial charge in [0, 0.05) is 33.0 Å². The molecule has 0 aliphatic heterocycles. The van der Waals surface area contributed by atoms with E-state index in [2.05, 4.69) is 5.32 Å². The van der Waals surface area contributed by atoms with E-state index in [-0.39, 0.29) is 12.2 Å². The standard InChI is InChI=1S/C11H23NO3/c1-4-14-11-9(12-2)8-10(11)15-7-5-6-13-3/h9-12H,4-8H2,1-3H3. The average Bonchev–Trinajstić information content (AvgIpc) is 2.24. The maximum Gasteiger partial charge on any atom is 0.0990 e. The van der Waals surface area contributed by atoms with Gasteiger partial charge in [-0.15, -0.1) is 0 Å². The van der Waals surface area contributed by atoms with Crippen molar-refractivity contribution in [3.05, 3.63) is 0 Å². The molecular weight excluding hydrogens is 194 g/mol. The fraction of sp³-hybridized carbons (Fsp3) is 1.00. The minimum absolute atomic E-state index is 0.225. The summed E-state index contributed by atoms with van der Waals surface area (Å²) in [6.07, 6.45) is 2.49. The van der Waals surface area contributed by atoms with E-state index < -0.39 is 0 Å². The molecule has 1 saturated carbocycles. The predicted octanol–water partition coefficient (Wildman–Crippen LogP) is 0.805. The van der Waals surface area contributed by atoms with Crippen molar-refractivity contribution in [3.8, 4) is 0 Å². The van der Waals surface area contributed by atoms with Gasteiger partial charge in [-0.1, -0.05) is 0 Å². The van der Waals surface area contributed by atoms with Gasteiger partial charge in [0.1, 0.15) is 0 Å². The minimum atomic E-state index is 0.225. The number of likely N-dealkylation sites (N-methyl/N-ethyl adjacent to an activating group) is 1. The Labute approximate surface area is 92.3 Å². The van der Waals surface area contributed by atoms with Gasteiger partial charge in [-0.3, -0.25) is 0 Å². The average molecular weight is 217 g/mol. The zero-order valence-electron chi connectivity index (χ0n) is 9.99. The Morgan fingerprint density at radius 1 is 1.27 bits per heavy atom. The highest BCUT2D eigenvalue weighted by Crippen LogP contribution is 2.27. The van der Waals surface area contributed by atoms with Crippen molar-refractivity contribution in [2.24, 2.45) is 0 Å². The van der Waals surface area contributed by atoms with Crippen LogP contribution in [0.5, 0.6) is 0 Å². The fourth-order valence-corrected chi connectivity index (χ4v) is 1.88. The van der Waals surface area contributed by atoms with Gasteiger partial charge in [0.25, 0.3) is 0 Å². The minimum Gasteiger partial charge on any atom is -0.385 e. The summed E-state index contributed by atoms with van der Waals surface area (Å²) in [6.45, 7) is 4.30. The highest BCUT2D eigenvalue weighted by molar-refractivity contribution is 4.96. The van der Waals surface area contributed by atoms with Crippen molar-refractivity contribution in [1.29, 1.82) is 0 Å². The summed E-state index contributed by atoms with van der Waals surface area (Å²) in [5.74, 6) is 0. The molecule has 1 rings (SSSR count). The second-order valence-electron chi connectivity index (χ2n) is 3.81. The third-order valence-corrected chi connectivity index (χ3v) is 2.80. The molecule has 0 aromatic carbocycles. The van der Waals surface area contributed by atoms with Crippen LogP contribution in [0.3, 0.4) is 0 Å². The van der Waals surface area contributed by atoms with E-state index in [4.69, 9.17) is 14.2 Å². The topological polar surface area (TPSA) is 39.7 Å². The summed E-state index contributed by atoms with van der Waals surface area (Å²) in [5, 5.41) is 3.24. The Morgan fingerprint density at radius 3 is 2.67 bits per heavy atom. The summed E-state index contributed by atoms with van der Waals surface area (Å²) < 4.78 is 16.3. The SMILES string of the molecule is CCOC1C(NC)CC1OCCCOC. The van der Waals surface area contributed by atoms with Gasteiger partial charge in [-0.25, -0.2) is 0 Å². The Balaban J connectivity index is 2.13. The molecule has 15 heavy (non-hydrogen) atoms. The molecule has 1 N–H and O–H groups in total. The Kier molecular flexibility index (Phi) is 6.17. The first-order valence-electron chi connectivity index (χ1n) is 5.72. The first kappa shape index (κ1) is 12.9. The van der Waals surface area contributed by atoms with Crippen molar-refractivity contribution in [2.45, 2.75) is 38.0 Å². The Morgan fingerprint density at radius 2 is 2.07 bits per heavy atom. The first-order valence-corrected chi connectivity index (χ1v) is 5.72. The van der Waals surface area contributed by atoms with Gasteiger partial charge in [0.15, 0.2) is 0 Å². The maximum absolute atomic E-state index is 5.73. The molecule has 1 aliphatic rings. The number of hydrogen-bond acceptors (Lipinski definition) is 4. The van der Waals surface area contributed by atoms with Gasteiger partial charge < -0.3 is 19.5 Å². The largest absolute Gasteiger partial charge is 0.385 e. The lowest BCUT2D eigenvalue weighted by Crippen LogP contribution is -2.59. The van der Waals surface area contributed by atoms with Crippen LogP contribution in [0.2, 0.25) is 0 Å². The molecule has 0 aromatic heterocycles. The van der Waals surface area contributed by atoms with Crippen LogP contribution < -0.4 is 5.32 Å². The molecule has 3 unspecified atom stereocenters. The Hall–Kier alpha value is -0.160. The van der Waals surface area contributed by atoms with E-state index in [0.717, 1.165) is 32.7 Å². The molecule has 0 radical (unpaired) electrons.